The van der Waals surface area contributed by atoms with E-state index in [0.717, 1.165) is 36.3 Å². The Morgan fingerprint density at radius 1 is 1.29 bits per heavy atom. The molecule has 0 N–H and O–H groups in total. The van der Waals surface area contributed by atoms with Crippen molar-refractivity contribution in [1.29, 1.82) is 0 Å². The number of alkyl halides is 1. The van der Waals surface area contributed by atoms with Crippen LogP contribution >= 0.6 is 11.6 Å². The second-order valence-electron chi connectivity index (χ2n) is 3.25. The van der Waals surface area contributed by atoms with Gasteiger partial charge in [-0.25, -0.2) is 4.98 Å². The number of aromatic nitrogens is 2. The van der Waals surface area contributed by atoms with E-state index in [1.54, 1.807) is 0 Å². The van der Waals surface area contributed by atoms with Crippen LogP contribution in [0.25, 0.3) is 11.0 Å². The van der Waals surface area contributed by atoms with E-state index in [0.29, 0.717) is 0 Å². The van der Waals surface area contributed by atoms with Crippen molar-refractivity contribution in [3.63, 3.8) is 0 Å². The molecule has 0 saturated heterocycles. The zero-order valence-electron chi connectivity index (χ0n) is 7.91. The number of halogens is 1. The largest absolute Gasteiger partial charge is 0.321 e. The van der Waals surface area contributed by atoms with E-state index < -0.39 is 0 Å². The zero-order chi connectivity index (χ0) is 9.80. The zero-order valence-corrected chi connectivity index (χ0v) is 8.67. The third kappa shape index (κ3) is 1.90. The summed E-state index contributed by atoms with van der Waals surface area (Å²) in [6, 6.07) is 8.09. The fourth-order valence-electron chi connectivity index (χ4n) is 1.49. The lowest BCUT2D eigenvalue weighted by Crippen LogP contribution is -1.96. The lowest BCUT2D eigenvalue weighted by Gasteiger charge is -2.01. The molecule has 1 heterocycles. The molecule has 1 aromatic carbocycles. The highest BCUT2D eigenvalue weighted by Gasteiger charge is 2.00. The average Bonchev–Trinajstić information content (AvgIpc) is 2.63. The van der Waals surface area contributed by atoms with E-state index in [9.17, 15) is 0 Å². The van der Waals surface area contributed by atoms with Crippen molar-refractivity contribution in [2.24, 2.45) is 0 Å². The summed E-state index contributed by atoms with van der Waals surface area (Å²) < 4.78 is 2.06. The standard InChI is InChI=1S/C11H12ClN2/c12-7-3-4-8-14-9-13-10-5-1-2-6-11(10)14/h1-2,5-6H,3-4,7-8H2. The Kier molecular flexibility index (Phi) is 3.04. The molecule has 0 saturated carbocycles. The van der Waals surface area contributed by atoms with Crippen LogP contribution in [0.2, 0.25) is 0 Å². The van der Waals surface area contributed by atoms with Gasteiger partial charge in [-0.3, -0.25) is 0 Å². The molecule has 2 nitrogen and oxygen atoms in total. The highest BCUT2D eigenvalue weighted by Crippen LogP contribution is 2.12. The Morgan fingerprint density at radius 2 is 2.14 bits per heavy atom. The lowest BCUT2D eigenvalue weighted by molar-refractivity contribution is 0.644. The first-order chi connectivity index (χ1) is 6.92. The summed E-state index contributed by atoms with van der Waals surface area (Å²) in [6.45, 7) is 0.952. The van der Waals surface area contributed by atoms with Gasteiger partial charge < -0.3 is 4.57 Å². The van der Waals surface area contributed by atoms with E-state index in [-0.39, 0.29) is 0 Å². The fraction of sp³-hybridized carbons (Fsp3) is 0.364. The van der Waals surface area contributed by atoms with Crippen LogP contribution in [0.5, 0.6) is 0 Å². The Morgan fingerprint density at radius 3 is 3.00 bits per heavy atom. The summed E-state index contributed by atoms with van der Waals surface area (Å²) >= 11 is 5.62. The molecule has 3 heteroatoms. The second-order valence-corrected chi connectivity index (χ2v) is 3.63. The SMILES string of the molecule is ClCCCCn1[c]nc2ccccc21. The van der Waals surface area contributed by atoms with Crippen molar-refractivity contribution in [2.75, 3.05) is 5.88 Å². The number of fused-ring (bicyclic) bond motifs is 1. The number of rotatable bonds is 4. The molecule has 2 rings (SSSR count). The van der Waals surface area contributed by atoms with Crippen molar-refractivity contribution in [3.05, 3.63) is 30.6 Å². The van der Waals surface area contributed by atoms with Crippen LogP contribution in [0, 0.1) is 6.33 Å². The first-order valence-corrected chi connectivity index (χ1v) is 5.34. The Balaban J connectivity index is 2.17. The van der Waals surface area contributed by atoms with Crippen molar-refractivity contribution >= 4 is 22.6 Å². The van der Waals surface area contributed by atoms with Gasteiger partial charge in [-0.2, -0.15) is 0 Å². The van der Waals surface area contributed by atoms with Gasteiger partial charge in [-0.05, 0) is 25.0 Å². The van der Waals surface area contributed by atoms with Crippen molar-refractivity contribution in [2.45, 2.75) is 19.4 Å². The van der Waals surface area contributed by atoms with E-state index in [2.05, 4.69) is 21.9 Å². The van der Waals surface area contributed by atoms with Gasteiger partial charge in [0, 0.05) is 12.4 Å². The number of aryl methyl sites for hydroxylation is 1. The van der Waals surface area contributed by atoms with Crippen molar-refractivity contribution in [1.82, 2.24) is 9.55 Å². The van der Waals surface area contributed by atoms with Gasteiger partial charge in [0.1, 0.15) is 0 Å². The quantitative estimate of drug-likeness (QED) is 0.557. The van der Waals surface area contributed by atoms with Crippen molar-refractivity contribution < 1.29 is 0 Å². The van der Waals surface area contributed by atoms with Crippen LogP contribution in [-0.2, 0) is 6.54 Å². The molecule has 0 aliphatic rings. The molecule has 0 unspecified atom stereocenters. The van der Waals surface area contributed by atoms with E-state index >= 15 is 0 Å². The normalized spacial score (nSPS) is 10.9. The number of para-hydroxylation sites is 2. The predicted octanol–water partition coefficient (Wildman–Crippen LogP) is 2.86. The molecule has 0 atom stereocenters. The molecule has 0 bridgehead atoms. The molecule has 1 aromatic heterocycles. The summed E-state index contributed by atoms with van der Waals surface area (Å²) in [5.41, 5.74) is 2.17. The Labute approximate surface area is 88.5 Å². The molecular formula is C11H12ClN2. The molecule has 0 fully saturated rings. The highest BCUT2D eigenvalue weighted by molar-refractivity contribution is 6.17. The minimum absolute atomic E-state index is 0.729. The minimum Gasteiger partial charge on any atom is -0.321 e. The third-order valence-corrected chi connectivity index (χ3v) is 2.50. The average molecular weight is 208 g/mol. The van der Waals surface area contributed by atoms with Crippen LogP contribution in [0.15, 0.2) is 24.3 Å². The summed E-state index contributed by atoms with van der Waals surface area (Å²) in [7, 11) is 0. The fourth-order valence-corrected chi connectivity index (χ4v) is 1.68. The molecule has 73 valence electrons. The molecule has 2 aromatic rings. The van der Waals surface area contributed by atoms with Crippen LogP contribution < -0.4 is 0 Å². The van der Waals surface area contributed by atoms with Crippen LogP contribution in [-0.4, -0.2) is 15.4 Å². The Hall–Kier alpha value is -1.02. The number of benzene rings is 1. The maximum Gasteiger partial charge on any atom is 0.177 e. The molecule has 0 aliphatic heterocycles. The molecule has 0 aliphatic carbocycles. The third-order valence-electron chi connectivity index (χ3n) is 2.23. The number of imidazole rings is 1. The molecular weight excluding hydrogens is 196 g/mol. The number of hydrogen-bond acceptors (Lipinski definition) is 1. The number of hydrogen-bond donors (Lipinski definition) is 0. The van der Waals surface area contributed by atoms with Crippen molar-refractivity contribution in [3.8, 4) is 0 Å². The molecule has 14 heavy (non-hydrogen) atoms. The van der Waals surface area contributed by atoms with E-state index in [1.807, 2.05) is 18.2 Å². The van der Waals surface area contributed by atoms with E-state index in [1.165, 1.54) is 0 Å². The van der Waals surface area contributed by atoms with Gasteiger partial charge in [0.15, 0.2) is 6.33 Å². The summed E-state index contributed by atoms with van der Waals surface area (Å²) in [5, 5.41) is 0. The van der Waals surface area contributed by atoms with Gasteiger partial charge in [0.05, 0.1) is 11.0 Å². The predicted molar refractivity (Wildman–Crippen MR) is 58.5 cm³/mol. The monoisotopic (exact) mass is 207 g/mol. The topological polar surface area (TPSA) is 17.8 Å². The van der Waals surface area contributed by atoms with Gasteiger partial charge in [0.2, 0.25) is 0 Å². The maximum atomic E-state index is 5.62. The minimum atomic E-state index is 0.729. The summed E-state index contributed by atoms with van der Waals surface area (Å²) in [6.07, 6.45) is 5.12. The summed E-state index contributed by atoms with van der Waals surface area (Å²) in [5.74, 6) is 0.729. The second kappa shape index (κ2) is 4.47. The van der Waals surface area contributed by atoms with Crippen LogP contribution in [0.3, 0.4) is 0 Å². The lowest BCUT2D eigenvalue weighted by atomic mass is 10.3. The van der Waals surface area contributed by atoms with Gasteiger partial charge >= 0.3 is 0 Å². The van der Waals surface area contributed by atoms with Gasteiger partial charge in [-0.15, -0.1) is 11.6 Å². The molecule has 1 radical (unpaired) electrons. The highest BCUT2D eigenvalue weighted by atomic mass is 35.5. The number of nitrogens with zero attached hydrogens (tertiary/aromatic N) is 2. The van der Waals surface area contributed by atoms with E-state index in [4.69, 9.17) is 11.6 Å². The molecule has 0 amide bonds. The van der Waals surface area contributed by atoms with Gasteiger partial charge in [0.25, 0.3) is 0 Å². The summed E-state index contributed by atoms with van der Waals surface area (Å²) in [4.78, 5) is 4.20. The molecule has 0 spiro atoms. The van der Waals surface area contributed by atoms with Gasteiger partial charge in [-0.1, -0.05) is 12.1 Å². The number of unbranched alkanes of at least 4 members (excludes halogenated alkanes) is 1. The van der Waals surface area contributed by atoms with Crippen LogP contribution in [0.1, 0.15) is 12.8 Å². The smallest absolute Gasteiger partial charge is 0.177 e. The Bertz CT molecular complexity index is 408. The van der Waals surface area contributed by atoms with Crippen LogP contribution in [0.4, 0.5) is 0 Å². The first kappa shape index (κ1) is 9.53. The first-order valence-electron chi connectivity index (χ1n) is 4.81. The maximum absolute atomic E-state index is 5.62.